The molecule has 0 aliphatic rings. The third-order valence-corrected chi connectivity index (χ3v) is 3.60. The molecular formula is C12H19NO3S. The third-order valence-electron chi connectivity index (χ3n) is 2.50. The van der Waals surface area contributed by atoms with Gasteiger partial charge >= 0.3 is 0 Å². The van der Waals surface area contributed by atoms with E-state index in [1.165, 1.54) is 6.26 Å². The van der Waals surface area contributed by atoms with Gasteiger partial charge < -0.3 is 10.4 Å². The van der Waals surface area contributed by atoms with Crippen LogP contribution in [0.1, 0.15) is 18.1 Å². The predicted octanol–water partition coefficient (Wildman–Crippen LogP) is 1.85. The fourth-order valence-corrected chi connectivity index (χ4v) is 2.71. The van der Waals surface area contributed by atoms with E-state index in [2.05, 4.69) is 5.32 Å². The fraction of sp³-hybridized carbons (Fsp3) is 0.500. The topological polar surface area (TPSA) is 66.4 Å². The molecule has 0 fully saturated rings. The van der Waals surface area contributed by atoms with Crippen LogP contribution in [0.25, 0.3) is 0 Å². The first-order valence-electron chi connectivity index (χ1n) is 5.43. The van der Waals surface area contributed by atoms with Crippen LogP contribution in [0, 0.1) is 13.8 Å². The van der Waals surface area contributed by atoms with Crippen LogP contribution < -0.4 is 5.32 Å². The predicted molar refractivity (Wildman–Crippen MR) is 70.4 cm³/mol. The number of hydrogen-bond donors (Lipinski definition) is 2. The van der Waals surface area contributed by atoms with E-state index < -0.39 is 9.84 Å². The summed E-state index contributed by atoms with van der Waals surface area (Å²) in [7, 11) is -2.99. The zero-order valence-corrected chi connectivity index (χ0v) is 11.4. The zero-order chi connectivity index (χ0) is 13.2. The zero-order valence-electron chi connectivity index (χ0n) is 10.6. The molecule has 1 aromatic rings. The highest BCUT2D eigenvalue weighted by molar-refractivity contribution is 7.90. The van der Waals surface area contributed by atoms with Crippen LogP contribution in [-0.2, 0) is 9.84 Å². The van der Waals surface area contributed by atoms with E-state index in [9.17, 15) is 13.5 Å². The van der Waals surface area contributed by atoms with Crippen molar-refractivity contribution in [2.24, 2.45) is 0 Å². The molecule has 0 heterocycles. The van der Waals surface area contributed by atoms with Crippen LogP contribution in [-0.4, -0.2) is 31.6 Å². The van der Waals surface area contributed by atoms with Gasteiger partial charge in [-0.05, 0) is 44.0 Å². The van der Waals surface area contributed by atoms with E-state index in [1.807, 2.05) is 19.9 Å². The summed E-state index contributed by atoms with van der Waals surface area (Å²) in [5, 5.41) is 12.7. The van der Waals surface area contributed by atoms with Crippen molar-refractivity contribution in [3.05, 3.63) is 23.3 Å². The molecule has 1 unspecified atom stereocenters. The van der Waals surface area contributed by atoms with Gasteiger partial charge in [0.1, 0.15) is 15.6 Å². The lowest BCUT2D eigenvalue weighted by Gasteiger charge is -2.17. The van der Waals surface area contributed by atoms with E-state index >= 15 is 0 Å². The Bertz CT molecular complexity index is 509. The van der Waals surface area contributed by atoms with Gasteiger partial charge in [0.2, 0.25) is 0 Å². The molecule has 96 valence electrons. The highest BCUT2D eigenvalue weighted by atomic mass is 32.2. The average molecular weight is 257 g/mol. The van der Waals surface area contributed by atoms with Crippen molar-refractivity contribution < 1.29 is 13.5 Å². The first kappa shape index (κ1) is 13.8. The molecule has 0 amide bonds. The first-order valence-corrected chi connectivity index (χ1v) is 7.49. The summed E-state index contributed by atoms with van der Waals surface area (Å²) in [6.45, 7) is 5.50. The van der Waals surface area contributed by atoms with Crippen LogP contribution in [0.4, 0.5) is 5.69 Å². The number of benzene rings is 1. The summed E-state index contributed by atoms with van der Waals surface area (Å²) in [5.74, 6) is 0.343. The first-order chi connectivity index (χ1) is 7.69. The monoisotopic (exact) mass is 257 g/mol. The quantitative estimate of drug-likeness (QED) is 0.808. The Morgan fingerprint density at radius 1 is 1.29 bits per heavy atom. The smallest absolute Gasteiger partial charge is 0.149 e. The molecule has 2 N–H and O–H groups in total. The lowest BCUT2D eigenvalue weighted by atomic mass is 10.1. The minimum absolute atomic E-state index is 0.0896. The molecule has 0 aliphatic heterocycles. The number of hydrogen-bond acceptors (Lipinski definition) is 4. The number of phenols is 1. The molecule has 0 spiro atoms. The van der Waals surface area contributed by atoms with Crippen molar-refractivity contribution in [3.8, 4) is 5.75 Å². The van der Waals surface area contributed by atoms with Gasteiger partial charge in [-0.3, -0.25) is 0 Å². The standard InChI is InChI=1S/C12H19NO3S/c1-8-6-12(14)9(2)5-11(8)13-10(3)7-17(4,15)16/h5-6,10,13-14H,7H2,1-4H3. The van der Waals surface area contributed by atoms with Crippen molar-refractivity contribution >= 4 is 15.5 Å². The maximum atomic E-state index is 11.2. The van der Waals surface area contributed by atoms with Gasteiger partial charge in [-0.25, -0.2) is 8.42 Å². The lowest BCUT2D eigenvalue weighted by Crippen LogP contribution is -2.25. The lowest BCUT2D eigenvalue weighted by molar-refractivity contribution is 0.470. The fourth-order valence-electron chi connectivity index (χ4n) is 1.72. The van der Waals surface area contributed by atoms with Crippen LogP contribution in [0.3, 0.4) is 0 Å². The van der Waals surface area contributed by atoms with Crippen molar-refractivity contribution in [3.63, 3.8) is 0 Å². The number of aromatic hydroxyl groups is 1. The second-order valence-electron chi connectivity index (χ2n) is 4.59. The van der Waals surface area contributed by atoms with Crippen LogP contribution in [0.5, 0.6) is 5.75 Å². The summed E-state index contributed by atoms with van der Waals surface area (Å²) in [5.41, 5.74) is 2.52. The van der Waals surface area contributed by atoms with E-state index in [0.29, 0.717) is 0 Å². The second-order valence-corrected chi connectivity index (χ2v) is 6.78. The largest absolute Gasteiger partial charge is 0.508 e. The minimum atomic E-state index is -2.99. The molecule has 1 aromatic carbocycles. The maximum Gasteiger partial charge on any atom is 0.149 e. The summed E-state index contributed by atoms with van der Waals surface area (Å²) in [6, 6.07) is 3.33. The number of aryl methyl sites for hydroxylation is 2. The van der Waals surface area contributed by atoms with Crippen molar-refractivity contribution in [1.29, 1.82) is 0 Å². The summed E-state index contributed by atoms with van der Waals surface area (Å²) in [6.07, 6.45) is 1.22. The molecule has 0 aromatic heterocycles. The Hall–Kier alpha value is -1.23. The molecule has 5 heteroatoms. The van der Waals surface area contributed by atoms with E-state index in [0.717, 1.165) is 16.8 Å². The molecule has 0 saturated carbocycles. The van der Waals surface area contributed by atoms with E-state index in [-0.39, 0.29) is 17.5 Å². The van der Waals surface area contributed by atoms with Gasteiger partial charge in [0, 0.05) is 18.0 Å². The number of sulfone groups is 1. The Morgan fingerprint density at radius 3 is 2.41 bits per heavy atom. The molecule has 0 radical (unpaired) electrons. The minimum Gasteiger partial charge on any atom is -0.508 e. The number of anilines is 1. The van der Waals surface area contributed by atoms with Gasteiger partial charge in [0.05, 0.1) is 5.75 Å². The summed E-state index contributed by atoms with van der Waals surface area (Å²) >= 11 is 0. The Morgan fingerprint density at radius 2 is 1.88 bits per heavy atom. The van der Waals surface area contributed by atoms with Crippen LogP contribution in [0.15, 0.2) is 12.1 Å². The van der Waals surface area contributed by atoms with Gasteiger partial charge in [-0.15, -0.1) is 0 Å². The number of rotatable bonds is 4. The van der Waals surface area contributed by atoms with Gasteiger partial charge in [0.15, 0.2) is 0 Å². The van der Waals surface area contributed by atoms with Gasteiger partial charge in [0.25, 0.3) is 0 Å². The SMILES string of the molecule is Cc1cc(NC(C)CS(C)(=O)=O)c(C)cc1O. The van der Waals surface area contributed by atoms with Crippen LogP contribution in [0.2, 0.25) is 0 Å². The number of phenolic OH excluding ortho intramolecular Hbond substituents is 1. The molecular weight excluding hydrogens is 238 g/mol. The van der Waals surface area contributed by atoms with Gasteiger partial charge in [-0.2, -0.15) is 0 Å². The molecule has 1 atom stereocenters. The molecule has 4 nitrogen and oxygen atoms in total. The Kier molecular flexibility index (Phi) is 4.03. The highest BCUT2D eigenvalue weighted by Gasteiger charge is 2.12. The van der Waals surface area contributed by atoms with Crippen molar-refractivity contribution in [1.82, 2.24) is 0 Å². The van der Waals surface area contributed by atoms with Crippen molar-refractivity contribution in [2.75, 3.05) is 17.3 Å². The summed E-state index contributed by atoms with van der Waals surface area (Å²) < 4.78 is 22.3. The summed E-state index contributed by atoms with van der Waals surface area (Å²) in [4.78, 5) is 0. The highest BCUT2D eigenvalue weighted by Crippen LogP contribution is 2.25. The second kappa shape index (κ2) is 4.96. The Balaban J connectivity index is 2.85. The van der Waals surface area contributed by atoms with Gasteiger partial charge in [-0.1, -0.05) is 0 Å². The third kappa shape index (κ3) is 4.26. The molecule has 0 aliphatic carbocycles. The Labute approximate surface area is 103 Å². The number of nitrogens with one attached hydrogen (secondary N) is 1. The van der Waals surface area contributed by atoms with Crippen LogP contribution >= 0.6 is 0 Å². The molecule has 0 saturated heterocycles. The molecule has 17 heavy (non-hydrogen) atoms. The maximum absolute atomic E-state index is 11.2. The van der Waals surface area contributed by atoms with E-state index in [1.54, 1.807) is 13.0 Å². The molecule has 0 bridgehead atoms. The average Bonchev–Trinajstić information content (AvgIpc) is 2.11. The van der Waals surface area contributed by atoms with E-state index in [4.69, 9.17) is 0 Å². The molecule has 1 rings (SSSR count). The van der Waals surface area contributed by atoms with Crippen molar-refractivity contribution in [2.45, 2.75) is 26.8 Å². The normalized spacial score (nSPS) is 13.4.